The normalized spacial score (nSPS) is 32.5. The number of piperidine rings is 1. The van der Waals surface area contributed by atoms with Gasteiger partial charge in [0, 0.05) is 11.5 Å². The number of benzene rings is 1. The molecule has 108 valence electrons. The summed E-state index contributed by atoms with van der Waals surface area (Å²) in [7, 11) is 0. The summed E-state index contributed by atoms with van der Waals surface area (Å²) in [6.45, 7) is 3.68. The van der Waals surface area contributed by atoms with E-state index in [1.54, 1.807) is 11.1 Å². The summed E-state index contributed by atoms with van der Waals surface area (Å²) >= 11 is 0. The van der Waals surface area contributed by atoms with Crippen LogP contribution in [0.25, 0.3) is 0 Å². The molecule has 2 heteroatoms. The van der Waals surface area contributed by atoms with Gasteiger partial charge in [-0.2, -0.15) is 0 Å². The van der Waals surface area contributed by atoms with Gasteiger partial charge < -0.3 is 10.6 Å². The Morgan fingerprint density at radius 3 is 2.95 bits per heavy atom. The van der Waals surface area contributed by atoms with Gasteiger partial charge in [-0.15, -0.1) is 0 Å². The third-order valence-corrected chi connectivity index (χ3v) is 5.87. The predicted octanol–water partition coefficient (Wildman–Crippen LogP) is 2.62. The van der Waals surface area contributed by atoms with Crippen LogP contribution >= 0.6 is 0 Å². The van der Waals surface area contributed by atoms with Crippen molar-refractivity contribution < 1.29 is 0 Å². The van der Waals surface area contributed by atoms with Crippen LogP contribution in [0.3, 0.4) is 0 Å². The molecular weight excluding hydrogens is 244 g/mol. The van der Waals surface area contributed by atoms with E-state index in [0.717, 1.165) is 12.0 Å². The first kappa shape index (κ1) is 12.8. The number of hydrogen-bond acceptors (Lipinski definition) is 2. The van der Waals surface area contributed by atoms with E-state index in [1.165, 1.54) is 58.2 Å². The van der Waals surface area contributed by atoms with Crippen LogP contribution in [0.5, 0.6) is 0 Å². The third kappa shape index (κ3) is 2.19. The Morgan fingerprint density at radius 1 is 1.20 bits per heavy atom. The molecule has 2 N–H and O–H groups in total. The SMILES string of the molecule is c1ccc2c(c1)CC[C@@]21C[C@H]1NCCC1CCNCC1. The Morgan fingerprint density at radius 2 is 2.05 bits per heavy atom. The monoisotopic (exact) mass is 270 g/mol. The second-order valence-corrected chi connectivity index (χ2v) is 7.01. The lowest BCUT2D eigenvalue weighted by Gasteiger charge is -2.22. The lowest BCUT2D eigenvalue weighted by Crippen LogP contribution is -2.31. The van der Waals surface area contributed by atoms with Crippen molar-refractivity contribution in [2.75, 3.05) is 19.6 Å². The summed E-state index contributed by atoms with van der Waals surface area (Å²) in [5.41, 5.74) is 3.78. The summed E-state index contributed by atoms with van der Waals surface area (Å²) in [5.74, 6) is 0.953. The molecular formula is C18H26N2. The van der Waals surface area contributed by atoms with Crippen molar-refractivity contribution in [3.8, 4) is 0 Å². The standard InChI is InChI=1S/C18H26N2/c1-2-4-16-15(3-1)5-9-18(16)13-17(18)20-12-8-14-6-10-19-11-7-14/h1-4,14,17,19-20H,5-13H2/t17-,18-/m1/s1. The highest BCUT2D eigenvalue weighted by atomic mass is 15.0. The molecule has 4 rings (SSSR count). The Bertz CT molecular complexity index is 478. The zero-order valence-corrected chi connectivity index (χ0v) is 12.3. The first-order valence-corrected chi connectivity index (χ1v) is 8.41. The molecule has 1 spiro atoms. The number of nitrogens with one attached hydrogen (secondary N) is 2. The van der Waals surface area contributed by atoms with Gasteiger partial charge in [-0.1, -0.05) is 24.3 Å². The minimum atomic E-state index is 0.519. The molecule has 2 fully saturated rings. The highest BCUT2D eigenvalue weighted by Crippen LogP contribution is 2.56. The van der Waals surface area contributed by atoms with Crippen molar-refractivity contribution in [1.29, 1.82) is 0 Å². The zero-order chi connectivity index (χ0) is 13.4. The lowest BCUT2D eigenvalue weighted by atomic mass is 9.94. The molecule has 2 nitrogen and oxygen atoms in total. The maximum atomic E-state index is 3.86. The fourth-order valence-electron chi connectivity index (χ4n) is 4.50. The molecule has 2 aliphatic carbocycles. The highest BCUT2D eigenvalue weighted by Gasteiger charge is 2.57. The summed E-state index contributed by atoms with van der Waals surface area (Å²) in [4.78, 5) is 0. The first-order chi connectivity index (χ1) is 9.88. The van der Waals surface area contributed by atoms with E-state index in [4.69, 9.17) is 0 Å². The lowest BCUT2D eigenvalue weighted by molar-refractivity contribution is 0.346. The molecule has 3 aliphatic rings. The molecule has 1 saturated carbocycles. The molecule has 2 atom stereocenters. The minimum absolute atomic E-state index is 0.519. The Kier molecular flexibility index (Phi) is 3.31. The van der Waals surface area contributed by atoms with Crippen LogP contribution < -0.4 is 10.6 Å². The van der Waals surface area contributed by atoms with Crippen molar-refractivity contribution in [2.24, 2.45) is 5.92 Å². The summed E-state index contributed by atoms with van der Waals surface area (Å²) < 4.78 is 0. The smallest absolute Gasteiger partial charge is 0.0174 e. The van der Waals surface area contributed by atoms with Gasteiger partial charge in [0.2, 0.25) is 0 Å². The van der Waals surface area contributed by atoms with Gasteiger partial charge in [0.25, 0.3) is 0 Å². The third-order valence-electron chi connectivity index (χ3n) is 5.87. The molecule has 0 radical (unpaired) electrons. The van der Waals surface area contributed by atoms with Crippen LogP contribution in [-0.2, 0) is 11.8 Å². The van der Waals surface area contributed by atoms with E-state index in [9.17, 15) is 0 Å². The highest BCUT2D eigenvalue weighted by molar-refractivity contribution is 5.46. The molecule has 0 unspecified atom stereocenters. The molecule has 1 aromatic rings. The van der Waals surface area contributed by atoms with Crippen molar-refractivity contribution in [2.45, 2.75) is 50.0 Å². The Hall–Kier alpha value is -0.860. The van der Waals surface area contributed by atoms with Crippen molar-refractivity contribution >= 4 is 0 Å². The maximum Gasteiger partial charge on any atom is 0.0174 e. The van der Waals surface area contributed by atoms with Crippen molar-refractivity contribution in [3.05, 3.63) is 35.4 Å². The molecule has 1 saturated heterocycles. The number of hydrogen-bond donors (Lipinski definition) is 2. The minimum Gasteiger partial charge on any atom is -0.317 e. The van der Waals surface area contributed by atoms with Gasteiger partial charge in [0.1, 0.15) is 0 Å². The summed E-state index contributed by atoms with van der Waals surface area (Å²) in [6.07, 6.45) is 8.16. The predicted molar refractivity (Wildman–Crippen MR) is 83.1 cm³/mol. The van der Waals surface area contributed by atoms with Crippen molar-refractivity contribution in [3.63, 3.8) is 0 Å². The van der Waals surface area contributed by atoms with Crippen LogP contribution in [-0.4, -0.2) is 25.7 Å². The van der Waals surface area contributed by atoms with Crippen LogP contribution in [0.1, 0.15) is 43.2 Å². The molecule has 0 aromatic heterocycles. The van der Waals surface area contributed by atoms with E-state index in [1.807, 2.05) is 0 Å². The van der Waals surface area contributed by atoms with Gasteiger partial charge in [0.15, 0.2) is 0 Å². The molecule has 1 heterocycles. The van der Waals surface area contributed by atoms with E-state index in [0.29, 0.717) is 5.41 Å². The van der Waals surface area contributed by atoms with Gasteiger partial charge in [-0.3, -0.25) is 0 Å². The molecule has 1 aromatic carbocycles. The maximum absolute atomic E-state index is 3.86. The average Bonchev–Trinajstić information content (AvgIpc) is 3.08. The van der Waals surface area contributed by atoms with Gasteiger partial charge in [0.05, 0.1) is 0 Å². The second-order valence-electron chi connectivity index (χ2n) is 7.01. The van der Waals surface area contributed by atoms with E-state index in [2.05, 4.69) is 34.9 Å². The van der Waals surface area contributed by atoms with E-state index >= 15 is 0 Å². The molecule has 1 aliphatic heterocycles. The molecule has 20 heavy (non-hydrogen) atoms. The quantitative estimate of drug-likeness (QED) is 0.879. The van der Waals surface area contributed by atoms with Crippen LogP contribution in [0.15, 0.2) is 24.3 Å². The topological polar surface area (TPSA) is 24.1 Å². The number of rotatable bonds is 4. The van der Waals surface area contributed by atoms with Crippen molar-refractivity contribution in [1.82, 2.24) is 10.6 Å². The zero-order valence-electron chi connectivity index (χ0n) is 12.3. The van der Waals surface area contributed by atoms with E-state index < -0.39 is 0 Å². The van der Waals surface area contributed by atoms with Crippen LogP contribution in [0.2, 0.25) is 0 Å². The van der Waals surface area contributed by atoms with Gasteiger partial charge in [-0.05, 0) is 75.2 Å². The molecule has 0 amide bonds. The van der Waals surface area contributed by atoms with Crippen LogP contribution in [0.4, 0.5) is 0 Å². The van der Waals surface area contributed by atoms with E-state index in [-0.39, 0.29) is 0 Å². The largest absolute Gasteiger partial charge is 0.317 e. The Balaban J connectivity index is 1.30. The van der Waals surface area contributed by atoms with Gasteiger partial charge in [-0.25, -0.2) is 0 Å². The molecule has 0 bridgehead atoms. The average molecular weight is 270 g/mol. The first-order valence-electron chi connectivity index (χ1n) is 8.41. The fraction of sp³-hybridized carbons (Fsp3) is 0.667. The summed E-state index contributed by atoms with van der Waals surface area (Å²) in [5, 5.41) is 7.31. The summed E-state index contributed by atoms with van der Waals surface area (Å²) in [6, 6.07) is 9.87. The van der Waals surface area contributed by atoms with Crippen LogP contribution in [0, 0.1) is 5.92 Å². The fourth-order valence-corrected chi connectivity index (χ4v) is 4.50. The second kappa shape index (κ2) is 5.16. The number of aryl methyl sites for hydroxylation is 1. The number of fused-ring (bicyclic) bond motifs is 2. The Labute approximate surface area is 122 Å². The van der Waals surface area contributed by atoms with Gasteiger partial charge >= 0.3 is 0 Å².